The third kappa shape index (κ3) is 2.70. The van der Waals surface area contributed by atoms with Crippen molar-refractivity contribution in [2.45, 2.75) is 6.92 Å². The van der Waals surface area contributed by atoms with Crippen LogP contribution in [-0.4, -0.2) is 18.1 Å². The van der Waals surface area contributed by atoms with Gasteiger partial charge in [0.25, 0.3) is 0 Å². The van der Waals surface area contributed by atoms with E-state index in [-0.39, 0.29) is 5.84 Å². The highest BCUT2D eigenvalue weighted by molar-refractivity contribution is 6.34. The summed E-state index contributed by atoms with van der Waals surface area (Å²) in [5.41, 5.74) is 9.27. The van der Waals surface area contributed by atoms with E-state index >= 15 is 0 Å². The minimum absolute atomic E-state index is 0.0000877. The maximum absolute atomic E-state index is 8.70. The Bertz CT molecular complexity index is 655. The molecule has 2 rings (SSSR count). The Morgan fingerprint density at radius 1 is 1.25 bits per heavy atom. The molecule has 20 heavy (non-hydrogen) atoms. The lowest BCUT2D eigenvalue weighted by atomic mass is 10.1. The topological polar surface area (TPSA) is 61.8 Å². The average molecular weight is 290 g/mol. The van der Waals surface area contributed by atoms with E-state index in [1.54, 1.807) is 12.1 Å². The number of hydrogen-bond acceptors (Lipinski definition) is 3. The third-order valence-electron chi connectivity index (χ3n) is 3.20. The van der Waals surface area contributed by atoms with Crippen molar-refractivity contribution >= 4 is 28.8 Å². The molecule has 0 aliphatic rings. The lowest BCUT2D eigenvalue weighted by molar-refractivity contribution is 0.318. The molecule has 0 unspecified atom stereocenters. The van der Waals surface area contributed by atoms with Crippen molar-refractivity contribution < 1.29 is 5.21 Å². The highest BCUT2D eigenvalue weighted by Gasteiger charge is 2.10. The molecule has 4 nitrogen and oxygen atoms in total. The fourth-order valence-electron chi connectivity index (χ4n) is 2.05. The van der Waals surface area contributed by atoms with Gasteiger partial charge in [-0.3, -0.25) is 0 Å². The number of aryl methyl sites for hydroxylation is 1. The fourth-order valence-corrected chi connectivity index (χ4v) is 2.32. The molecule has 104 valence electrons. The van der Waals surface area contributed by atoms with Crippen LogP contribution in [-0.2, 0) is 0 Å². The quantitative estimate of drug-likeness (QED) is 0.393. The predicted molar refractivity (Wildman–Crippen MR) is 83.2 cm³/mol. The van der Waals surface area contributed by atoms with Gasteiger partial charge >= 0.3 is 0 Å². The van der Waals surface area contributed by atoms with Gasteiger partial charge in [-0.05, 0) is 36.8 Å². The molecule has 0 fully saturated rings. The van der Waals surface area contributed by atoms with E-state index in [0.29, 0.717) is 10.6 Å². The Hall–Kier alpha value is -2.20. The van der Waals surface area contributed by atoms with Crippen molar-refractivity contribution in [1.82, 2.24) is 0 Å². The highest BCUT2D eigenvalue weighted by atomic mass is 35.5. The van der Waals surface area contributed by atoms with Crippen molar-refractivity contribution in [3.05, 3.63) is 58.6 Å². The van der Waals surface area contributed by atoms with Gasteiger partial charge in [-0.2, -0.15) is 0 Å². The van der Waals surface area contributed by atoms with Gasteiger partial charge in [-0.25, -0.2) is 0 Å². The standard InChI is InChI=1S/C15H16ClN3O/c1-10-5-3-4-6-14(10)19(2)11-7-8-12(13(16)9-11)15(17)18-20/h3-9,20H,1-2H3,(H2,17,18). The number of rotatable bonds is 3. The highest BCUT2D eigenvalue weighted by Crippen LogP contribution is 2.29. The van der Waals surface area contributed by atoms with E-state index in [4.69, 9.17) is 22.5 Å². The molecule has 0 amide bonds. The van der Waals surface area contributed by atoms with Crippen LogP contribution >= 0.6 is 11.6 Å². The second-order valence-corrected chi connectivity index (χ2v) is 4.90. The van der Waals surface area contributed by atoms with Crippen LogP contribution in [0.25, 0.3) is 0 Å². The zero-order valence-corrected chi connectivity index (χ0v) is 12.1. The Morgan fingerprint density at radius 3 is 2.55 bits per heavy atom. The molecule has 2 aromatic rings. The Labute approximate surface area is 123 Å². The van der Waals surface area contributed by atoms with Crippen LogP contribution in [0.3, 0.4) is 0 Å². The number of oxime groups is 1. The minimum Gasteiger partial charge on any atom is -0.409 e. The summed E-state index contributed by atoms with van der Waals surface area (Å²) < 4.78 is 0. The van der Waals surface area contributed by atoms with Crippen molar-refractivity contribution in [3.8, 4) is 0 Å². The summed E-state index contributed by atoms with van der Waals surface area (Å²) in [6.07, 6.45) is 0. The molecule has 0 radical (unpaired) electrons. The second kappa shape index (κ2) is 5.84. The molecule has 0 saturated heterocycles. The SMILES string of the molecule is Cc1ccccc1N(C)c1ccc(C(N)=NO)c(Cl)c1. The summed E-state index contributed by atoms with van der Waals surface area (Å²) in [4.78, 5) is 2.04. The Balaban J connectivity index is 2.40. The van der Waals surface area contributed by atoms with Gasteiger partial charge in [0.05, 0.1) is 5.02 Å². The molecular formula is C15H16ClN3O. The molecule has 5 heteroatoms. The maximum Gasteiger partial charge on any atom is 0.171 e. The molecule has 0 saturated carbocycles. The minimum atomic E-state index is 0.0000877. The first-order valence-electron chi connectivity index (χ1n) is 6.11. The van der Waals surface area contributed by atoms with Gasteiger partial charge < -0.3 is 15.8 Å². The van der Waals surface area contributed by atoms with E-state index in [1.165, 1.54) is 5.56 Å². The van der Waals surface area contributed by atoms with Crippen LogP contribution in [0.2, 0.25) is 5.02 Å². The summed E-state index contributed by atoms with van der Waals surface area (Å²) in [6.45, 7) is 2.05. The van der Waals surface area contributed by atoms with Crippen LogP contribution in [0.5, 0.6) is 0 Å². The van der Waals surface area contributed by atoms with Crippen LogP contribution in [0.1, 0.15) is 11.1 Å². The Kier molecular flexibility index (Phi) is 4.15. The molecule has 0 spiro atoms. The molecule has 0 bridgehead atoms. The zero-order valence-electron chi connectivity index (χ0n) is 11.3. The number of nitrogens with two attached hydrogens (primary N) is 1. The summed E-state index contributed by atoms with van der Waals surface area (Å²) in [7, 11) is 1.97. The van der Waals surface area contributed by atoms with E-state index in [0.717, 1.165) is 11.4 Å². The monoisotopic (exact) mass is 289 g/mol. The molecule has 0 aliphatic heterocycles. The maximum atomic E-state index is 8.70. The number of halogens is 1. The van der Waals surface area contributed by atoms with Crippen molar-refractivity contribution in [2.75, 3.05) is 11.9 Å². The molecule has 0 heterocycles. The zero-order chi connectivity index (χ0) is 14.7. The number of hydrogen-bond donors (Lipinski definition) is 2. The molecule has 0 atom stereocenters. The molecular weight excluding hydrogens is 274 g/mol. The average Bonchev–Trinajstić information content (AvgIpc) is 2.46. The number of benzene rings is 2. The van der Waals surface area contributed by atoms with Crippen LogP contribution in [0.4, 0.5) is 11.4 Å². The number of para-hydroxylation sites is 1. The van der Waals surface area contributed by atoms with Crippen molar-refractivity contribution in [3.63, 3.8) is 0 Å². The number of anilines is 2. The van der Waals surface area contributed by atoms with Crippen LogP contribution < -0.4 is 10.6 Å². The van der Waals surface area contributed by atoms with Gasteiger partial charge in [-0.15, -0.1) is 0 Å². The van der Waals surface area contributed by atoms with Crippen LogP contribution in [0, 0.1) is 6.92 Å². The van der Waals surface area contributed by atoms with Gasteiger partial charge in [0.15, 0.2) is 5.84 Å². The summed E-state index contributed by atoms with van der Waals surface area (Å²) in [6, 6.07) is 13.5. The predicted octanol–water partition coefficient (Wildman–Crippen LogP) is 3.51. The van der Waals surface area contributed by atoms with Crippen molar-refractivity contribution in [2.24, 2.45) is 10.9 Å². The first kappa shape index (κ1) is 14.2. The first-order valence-corrected chi connectivity index (χ1v) is 6.49. The molecule has 0 aliphatic carbocycles. The lowest BCUT2D eigenvalue weighted by Gasteiger charge is -2.22. The fraction of sp³-hybridized carbons (Fsp3) is 0.133. The van der Waals surface area contributed by atoms with Gasteiger partial charge in [-0.1, -0.05) is 35.0 Å². The van der Waals surface area contributed by atoms with E-state index in [9.17, 15) is 0 Å². The van der Waals surface area contributed by atoms with E-state index in [1.807, 2.05) is 36.2 Å². The van der Waals surface area contributed by atoms with E-state index in [2.05, 4.69) is 18.1 Å². The van der Waals surface area contributed by atoms with Gasteiger partial charge in [0.1, 0.15) is 0 Å². The second-order valence-electron chi connectivity index (χ2n) is 4.49. The first-order chi connectivity index (χ1) is 9.54. The lowest BCUT2D eigenvalue weighted by Crippen LogP contribution is -2.15. The molecule has 2 aromatic carbocycles. The van der Waals surface area contributed by atoms with Crippen LogP contribution in [0.15, 0.2) is 47.6 Å². The largest absolute Gasteiger partial charge is 0.409 e. The molecule has 0 aromatic heterocycles. The number of nitrogens with zero attached hydrogens (tertiary/aromatic N) is 2. The molecule has 3 N–H and O–H groups in total. The normalized spacial score (nSPS) is 11.4. The summed E-state index contributed by atoms with van der Waals surface area (Å²) in [5, 5.41) is 12.1. The number of amidine groups is 1. The van der Waals surface area contributed by atoms with Gasteiger partial charge in [0.2, 0.25) is 0 Å². The van der Waals surface area contributed by atoms with Gasteiger partial charge in [0, 0.05) is 24.0 Å². The summed E-state index contributed by atoms with van der Waals surface area (Å²) >= 11 is 6.18. The van der Waals surface area contributed by atoms with Crippen molar-refractivity contribution in [1.29, 1.82) is 0 Å². The summed E-state index contributed by atoms with van der Waals surface area (Å²) in [5.74, 6) is 0.0000877. The Morgan fingerprint density at radius 2 is 1.95 bits per heavy atom. The third-order valence-corrected chi connectivity index (χ3v) is 3.51. The smallest absolute Gasteiger partial charge is 0.171 e. The van der Waals surface area contributed by atoms with E-state index < -0.39 is 0 Å².